The lowest BCUT2D eigenvalue weighted by Gasteiger charge is -2.31. The van der Waals surface area contributed by atoms with Crippen LogP contribution in [0.15, 0.2) is 107 Å². The van der Waals surface area contributed by atoms with Gasteiger partial charge in [0.15, 0.2) is 0 Å². The molecule has 0 aromatic heterocycles. The van der Waals surface area contributed by atoms with Crippen molar-refractivity contribution >= 4 is 49.2 Å². The van der Waals surface area contributed by atoms with Gasteiger partial charge in [-0.15, -0.1) is 0 Å². The van der Waals surface area contributed by atoms with Gasteiger partial charge < -0.3 is 10.4 Å². The number of benzene rings is 4. The number of hydrogen-bond acceptors (Lipinski definition) is 6. The highest BCUT2D eigenvalue weighted by atomic mass is 35.5. The molecule has 1 heterocycles. The number of piperidine rings is 1. The van der Waals surface area contributed by atoms with Crippen molar-refractivity contribution in [3.8, 4) is 0 Å². The Morgan fingerprint density at radius 1 is 0.872 bits per heavy atom. The van der Waals surface area contributed by atoms with Gasteiger partial charge in [-0.1, -0.05) is 72.3 Å². The van der Waals surface area contributed by atoms with E-state index in [-0.39, 0.29) is 33.6 Å². The summed E-state index contributed by atoms with van der Waals surface area (Å²) in [4.78, 5) is 24.7. The number of aromatic carboxylic acids is 1. The first-order chi connectivity index (χ1) is 22.4. The van der Waals surface area contributed by atoms with Gasteiger partial charge in [0, 0.05) is 32.2 Å². The molecule has 0 bridgehead atoms. The first-order valence-corrected chi connectivity index (χ1v) is 18.2. The summed E-state index contributed by atoms with van der Waals surface area (Å²) in [6.07, 6.45) is 1.80. The van der Waals surface area contributed by atoms with E-state index in [1.807, 2.05) is 48.5 Å². The minimum Gasteiger partial charge on any atom is -0.478 e. The Morgan fingerprint density at radius 2 is 1.47 bits per heavy atom. The van der Waals surface area contributed by atoms with E-state index in [2.05, 4.69) is 17.4 Å². The van der Waals surface area contributed by atoms with E-state index in [4.69, 9.17) is 11.6 Å². The molecule has 4 aromatic carbocycles. The normalized spacial score (nSPS) is 14.6. The van der Waals surface area contributed by atoms with Crippen molar-refractivity contribution in [1.29, 1.82) is 0 Å². The van der Waals surface area contributed by atoms with Crippen molar-refractivity contribution in [1.82, 2.24) is 8.61 Å². The van der Waals surface area contributed by atoms with Crippen molar-refractivity contribution in [2.75, 3.05) is 32.0 Å². The second-order valence-electron chi connectivity index (χ2n) is 11.3. The highest BCUT2D eigenvalue weighted by Gasteiger charge is 2.31. The lowest BCUT2D eigenvalue weighted by Crippen LogP contribution is -2.37. The number of hydrogen-bond donors (Lipinski definition) is 2. The number of carboxylic acid groups (broad SMARTS) is 1. The summed E-state index contributed by atoms with van der Waals surface area (Å²) in [5.74, 6) is -1.86. The number of carboxylic acids is 1. The fraction of sp³-hybridized carbons (Fsp3) is 0.235. The number of sulfonamides is 2. The molecular weight excluding hydrogens is 662 g/mol. The Balaban J connectivity index is 1.30. The van der Waals surface area contributed by atoms with Crippen molar-refractivity contribution < 1.29 is 31.5 Å². The number of anilines is 1. The van der Waals surface area contributed by atoms with Crippen LogP contribution in [0.25, 0.3) is 0 Å². The minimum absolute atomic E-state index is 0.0324. The number of amides is 1. The number of carbonyl (C=O) groups excluding carboxylic acids is 1. The molecule has 5 rings (SSSR count). The molecule has 0 spiro atoms. The van der Waals surface area contributed by atoms with Crippen molar-refractivity contribution in [2.24, 2.45) is 0 Å². The second kappa shape index (κ2) is 14.4. The fourth-order valence-corrected chi connectivity index (χ4v) is 8.69. The molecule has 1 amide bonds. The largest absolute Gasteiger partial charge is 0.478 e. The van der Waals surface area contributed by atoms with Crippen molar-refractivity contribution in [3.05, 3.63) is 124 Å². The quantitative estimate of drug-likeness (QED) is 0.204. The van der Waals surface area contributed by atoms with Gasteiger partial charge in [-0.05, 0) is 72.7 Å². The van der Waals surface area contributed by atoms with Crippen molar-refractivity contribution in [2.45, 2.75) is 35.0 Å². The Hall–Kier alpha value is -4.07. The van der Waals surface area contributed by atoms with Crippen LogP contribution in [0.4, 0.5) is 5.69 Å². The summed E-state index contributed by atoms with van der Waals surface area (Å²) in [5.41, 5.74) is 1.56. The Labute approximate surface area is 279 Å². The summed E-state index contributed by atoms with van der Waals surface area (Å²) < 4.78 is 56.2. The van der Waals surface area contributed by atoms with Crippen LogP contribution in [-0.2, 0) is 26.5 Å². The molecule has 2 N–H and O–H groups in total. The van der Waals surface area contributed by atoms with E-state index >= 15 is 0 Å². The summed E-state index contributed by atoms with van der Waals surface area (Å²) in [6, 6.07) is 26.6. The average Bonchev–Trinajstić information content (AvgIpc) is 3.08. The van der Waals surface area contributed by atoms with Crippen LogP contribution in [0, 0.1) is 0 Å². The standard InChI is InChI=1S/C34H34ClN3O7S2/c1-37(19-16-24-8-4-2-5-9-24)47(44,45)31-23-28(34(40)41)22-30(32(31)35)36-33(39)27-12-14-29(15-13-27)46(42,43)38-20-17-26(18-21-38)25-10-6-3-7-11-25/h2-15,22-23,26H,16-21H2,1H3,(H,36,39)(H,40,41). The smallest absolute Gasteiger partial charge is 0.335 e. The van der Waals surface area contributed by atoms with E-state index in [9.17, 15) is 31.5 Å². The molecule has 0 saturated carbocycles. The summed E-state index contributed by atoms with van der Waals surface area (Å²) in [7, 11) is -6.69. The third kappa shape index (κ3) is 7.74. The molecule has 13 heteroatoms. The third-order valence-electron chi connectivity index (χ3n) is 8.26. The SMILES string of the molecule is CN(CCc1ccccc1)S(=O)(=O)c1cc(C(=O)O)cc(NC(=O)c2ccc(S(=O)(=O)N3CCC(c4ccccc4)CC3)cc2)c1Cl. The third-order valence-corrected chi connectivity index (χ3v) is 12.6. The Kier molecular flexibility index (Phi) is 10.5. The van der Waals surface area contributed by atoms with E-state index in [1.54, 1.807) is 0 Å². The van der Waals surface area contributed by atoms with Crippen LogP contribution < -0.4 is 5.32 Å². The number of rotatable bonds is 11. The number of halogens is 1. The van der Waals surface area contributed by atoms with Crippen LogP contribution in [-0.4, -0.2) is 69.1 Å². The predicted molar refractivity (Wildman–Crippen MR) is 180 cm³/mol. The molecule has 0 unspecified atom stereocenters. The van der Waals surface area contributed by atoms with Crippen LogP contribution in [0.1, 0.15) is 50.6 Å². The fourth-order valence-electron chi connectivity index (χ4n) is 5.50. The first-order valence-electron chi connectivity index (χ1n) is 14.9. The molecule has 10 nitrogen and oxygen atoms in total. The van der Waals surface area contributed by atoms with Crippen LogP contribution in [0.2, 0.25) is 5.02 Å². The number of likely N-dealkylation sites (N-methyl/N-ethyl adjacent to an activating group) is 1. The van der Waals surface area contributed by atoms with Crippen LogP contribution >= 0.6 is 11.6 Å². The maximum atomic E-state index is 13.5. The maximum absolute atomic E-state index is 13.5. The highest BCUT2D eigenvalue weighted by Crippen LogP contribution is 2.34. The maximum Gasteiger partial charge on any atom is 0.335 e. The highest BCUT2D eigenvalue weighted by molar-refractivity contribution is 7.89. The molecule has 0 aliphatic carbocycles. The molecular formula is C34H34ClN3O7S2. The lowest BCUT2D eigenvalue weighted by molar-refractivity contribution is 0.0696. The minimum atomic E-state index is -4.26. The lowest BCUT2D eigenvalue weighted by atomic mass is 9.90. The second-order valence-corrected chi connectivity index (χ2v) is 15.6. The Bertz CT molecular complexity index is 1970. The van der Waals surface area contributed by atoms with E-state index in [1.165, 1.54) is 41.2 Å². The predicted octanol–water partition coefficient (Wildman–Crippen LogP) is 5.72. The van der Waals surface area contributed by atoms with Gasteiger partial charge in [-0.25, -0.2) is 25.9 Å². The van der Waals surface area contributed by atoms with E-state index < -0.39 is 42.4 Å². The topological polar surface area (TPSA) is 141 Å². The molecule has 1 aliphatic rings. The van der Waals surface area contributed by atoms with Gasteiger partial charge in [0.2, 0.25) is 20.0 Å². The average molecular weight is 696 g/mol. The van der Waals surface area contributed by atoms with Gasteiger partial charge in [0.25, 0.3) is 5.91 Å². The molecule has 246 valence electrons. The first kappa shape index (κ1) is 34.3. The monoisotopic (exact) mass is 695 g/mol. The zero-order valence-electron chi connectivity index (χ0n) is 25.5. The van der Waals surface area contributed by atoms with Gasteiger partial charge in [-0.3, -0.25) is 4.79 Å². The zero-order chi connectivity index (χ0) is 33.8. The van der Waals surface area contributed by atoms with E-state index in [0.29, 0.717) is 32.4 Å². The van der Waals surface area contributed by atoms with Crippen molar-refractivity contribution in [3.63, 3.8) is 0 Å². The van der Waals surface area contributed by atoms with Crippen LogP contribution in [0.3, 0.4) is 0 Å². The van der Waals surface area contributed by atoms with Gasteiger partial charge in [0.05, 0.1) is 21.2 Å². The molecule has 0 atom stereocenters. The molecule has 1 saturated heterocycles. The Morgan fingerprint density at radius 3 is 2.06 bits per heavy atom. The summed E-state index contributed by atoms with van der Waals surface area (Å²) in [6.45, 7) is 0.840. The number of carbonyl (C=O) groups is 2. The van der Waals surface area contributed by atoms with Crippen LogP contribution in [0.5, 0.6) is 0 Å². The number of nitrogens with zero attached hydrogens (tertiary/aromatic N) is 2. The number of nitrogens with one attached hydrogen (secondary N) is 1. The summed E-state index contributed by atoms with van der Waals surface area (Å²) >= 11 is 6.48. The van der Waals surface area contributed by atoms with Gasteiger partial charge in [-0.2, -0.15) is 4.31 Å². The molecule has 0 radical (unpaired) electrons. The molecule has 1 fully saturated rings. The molecule has 47 heavy (non-hydrogen) atoms. The molecule has 1 aliphatic heterocycles. The van der Waals surface area contributed by atoms with Gasteiger partial charge >= 0.3 is 5.97 Å². The summed E-state index contributed by atoms with van der Waals surface area (Å²) in [5, 5.41) is 11.8. The van der Waals surface area contributed by atoms with Gasteiger partial charge in [0.1, 0.15) is 4.90 Å². The molecule has 4 aromatic rings. The van der Waals surface area contributed by atoms with E-state index in [0.717, 1.165) is 22.0 Å². The zero-order valence-corrected chi connectivity index (χ0v) is 27.9.